The minimum absolute atomic E-state index is 0.206. The minimum atomic E-state index is -0.499. The van der Waals surface area contributed by atoms with Gasteiger partial charge in [-0.1, -0.05) is 0 Å². The van der Waals surface area contributed by atoms with E-state index < -0.39 is 11.7 Å². The quantitative estimate of drug-likeness (QED) is 0.731. The number of ether oxygens (including phenoxy) is 1. The molecule has 1 aromatic rings. The van der Waals surface area contributed by atoms with Crippen molar-refractivity contribution < 1.29 is 14.3 Å². The Balaban J connectivity index is 2.17. The fourth-order valence-corrected chi connectivity index (χ4v) is 1.97. The van der Waals surface area contributed by atoms with E-state index in [-0.39, 0.29) is 5.91 Å². The molecular formula is C16H25BrN4O3. The van der Waals surface area contributed by atoms with E-state index >= 15 is 0 Å². The van der Waals surface area contributed by atoms with Gasteiger partial charge in [0, 0.05) is 36.8 Å². The Kier molecular flexibility index (Phi) is 8.14. The summed E-state index contributed by atoms with van der Waals surface area (Å²) in [7, 11) is 1.92. The summed E-state index contributed by atoms with van der Waals surface area (Å²) >= 11 is 3.28. The van der Waals surface area contributed by atoms with E-state index in [0.29, 0.717) is 31.9 Å². The maximum Gasteiger partial charge on any atom is 0.407 e. The SMILES string of the molecule is CN(CCNC(=O)OC(C)(C)C)CCNC(=O)c1ccc(Br)cn1. The van der Waals surface area contributed by atoms with Gasteiger partial charge in [-0.15, -0.1) is 0 Å². The zero-order valence-electron chi connectivity index (χ0n) is 14.6. The van der Waals surface area contributed by atoms with Gasteiger partial charge in [0.05, 0.1) is 0 Å². The zero-order chi connectivity index (χ0) is 18.2. The first-order valence-electron chi connectivity index (χ1n) is 7.72. The first kappa shape index (κ1) is 20.4. The number of aromatic nitrogens is 1. The molecule has 0 bridgehead atoms. The molecule has 8 heteroatoms. The molecule has 7 nitrogen and oxygen atoms in total. The second-order valence-electron chi connectivity index (χ2n) is 6.35. The second-order valence-corrected chi connectivity index (χ2v) is 7.27. The number of amides is 2. The summed E-state index contributed by atoms with van der Waals surface area (Å²) in [6, 6.07) is 3.43. The average molecular weight is 401 g/mol. The largest absolute Gasteiger partial charge is 0.444 e. The van der Waals surface area contributed by atoms with Crippen molar-refractivity contribution in [2.75, 3.05) is 33.2 Å². The van der Waals surface area contributed by atoms with E-state index in [9.17, 15) is 9.59 Å². The van der Waals surface area contributed by atoms with Crippen molar-refractivity contribution in [2.24, 2.45) is 0 Å². The van der Waals surface area contributed by atoms with Crippen molar-refractivity contribution in [3.8, 4) is 0 Å². The average Bonchev–Trinajstić information content (AvgIpc) is 2.46. The number of hydrogen-bond acceptors (Lipinski definition) is 5. The van der Waals surface area contributed by atoms with Crippen LogP contribution in [0, 0.1) is 0 Å². The van der Waals surface area contributed by atoms with Crippen LogP contribution in [-0.2, 0) is 4.74 Å². The number of alkyl carbamates (subject to hydrolysis) is 1. The van der Waals surface area contributed by atoms with Crippen LogP contribution < -0.4 is 10.6 Å². The van der Waals surface area contributed by atoms with Gasteiger partial charge in [-0.05, 0) is 55.9 Å². The van der Waals surface area contributed by atoms with Gasteiger partial charge in [0.2, 0.25) is 0 Å². The molecule has 0 aliphatic rings. The molecule has 1 aromatic heterocycles. The van der Waals surface area contributed by atoms with Gasteiger partial charge < -0.3 is 20.3 Å². The van der Waals surface area contributed by atoms with Crippen LogP contribution in [0.1, 0.15) is 31.3 Å². The summed E-state index contributed by atoms with van der Waals surface area (Å²) in [5, 5.41) is 5.50. The third-order valence-electron chi connectivity index (χ3n) is 2.90. The Labute approximate surface area is 151 Å². The lowest BCUT2D eigenvalue weighted by Gasteiger charge is -2.21. The normalized spacial score (nSPS) is 11.2. The van der Waals surface area contributed by atoms with Crippen molar-refractivity contribution in [3.05, 3.63) is 28.5 Å². The molecule has 0 aliphatic carbocycles. The Morgan fingerprint density at radius 1 is 1.21 bits per heavy atom. The standard InChI is InChI=1S/C16H25BrN4O3/c1-16(2,3)24-15(23)19-8-10-21(4)9-7-18-14(22)13-6-5-12(17)11-20-13/h5-6,11H,7-10H2,1-4H3,(H,18,22)(H,19,23). The van der Waals surface area contributed by atoms with E-state index in [1.165, 1.54) is 0 Å². The van der Waals surface area contributed by atoms with Gasteiger partial charge in [-0.3, -0.25) is 4.79 Å². The number of nitrogens with zero attached hydrogens (tertiary/aromatic N) is 2. The highest BCUT2D eigenvalue weighted by atomic mass is 79.9. The third kappa shape index (κ3) is 8.83. The smallest absolute Gasteiger partial charge is 0.407 e. The van der Waals surface area contributed by atoms with Gasteiger partial charge in [-0.2, -0.15) is 0 Å². The molecule has 1 heterocycles. The molecule has 0 aromatic carbocycles. The van der Waals surface area contributed by atoms with Gasteiger partial charge in [-0.25, -0.2) is 9.78 Å². The highest BCUT2D eigenvalue weighted by molar-refractivity contribution is 9.10. The topological polar surface area (TPSA) is 83.6 Å². The summed E-state index contributed by atoms with van der Waals surface area (Å²) in [5.74, 6) is -0.206. The molecule has 0 aliphatic heterocycles. The van der Waals surface area contributed by atoms with Crippen LogP contribution in [0.4, 0.5) is 4.79 Å². The second kappa shape index (κ2) is 9.58. The van der Waals surface area contributed by atoms with E-state index in [4.69, 9.17) is 4.74 Å². The molecule has 2 N–H and O–H groups in total. The van der Waals surface area contributed by atoms with Gasteiger partial charge >= 0.3 is 6.09 Å². The van der Waals surface area contributed by atoms with E-state index in [2.05, 4.69) is 31.5 Å². The summed E-state index contributed by atoms with van der Waals surface area (Å²) < 4.78 is 5.98. The summed E-state index contributed by atoms with van der Waals surface area (Å²) in [6.45, 7) is 7.77. The molecule has 0 unspecified atom stereocenters. The predicted octanol–water partition coefficient (Wildman–Crippen LogP) is 2.03. The highest BCUT2D eigenvalue weighted by Gasteiger charge is 2.15. The number of carbonyl (C=O) groups is 2. The number of halogens is 1. The maximum atomic E-state index is 11.9. The number of carbonyl (C=O) groups excluding carboxylic acids is 2. The van der Waals surface area contributed by atoms with E-state index in [1.54, 1.807) is 18.3 Å². The number of hydrogen-bond donors (Lipinski definition) is 2. The molecule has 2 amide bonds. The van der Waals surface area contributed by atoms with Crippen LogP contribution in [0.2, 0.25) is 0 Å². The van der Waals surface area contributed by atoms with Crippen molar-refractivity contribution in [1.82, 2.24) is 20.5 Å². The van der Waals surface area contributed by atoms with Crippen LogP contribution in [0.15, 0.2) is 22.8 Å². The third-order valence-corrected chi connectivity index (χ3v) is 3.37. The first-order chi connectivity index (χ1) is 11.2. The van der Waals surface area contributed by atoms with Crippen LogP contribution in [0.25, 0.3) is 0 Å². The molecule has 24 heavy (non-hydrogen) atoms. The van der Waals surface area contributed by atoms with Crippen molar-refractivity contribution in [2.45, 2.75) is 26.4 Å². The molecular weight excluding hydrogens is 376 g/mol. The lowest BCUT2D eigenvalue weighted by atomic mass is 10.2. The Bertz CT molecular complexity index is 543. The summed E-state index contributed by atoms with van der Waals surface area (Å²) in [5.41, 5.74) is -0.117. The first-order valence-corrected chi connectivity index (χ1v) is 8.52. The number of nitrogens with one attached hydrogen (secondary N) is 2. The molecule has 134 valence electrons. The van der Waals surface area contributed by atoms with Crippen LogP contribution in [0.3, 0.4) is 0 Å². The van der Waals surface area contributed by atoms with Crippen LogP contribution in [-0.4, -0.2) is 60.7 Å². The van der Waals surface area contributed by atoms with Gasteiger partial charge in [0.25, 0.3) is 5.91 Å². The highest BCUT2D eigenvalue weighted by Crippen LogP contribution is 2.07. The van der Waals surface area contributed by atoms with Crippen molar-refractivity contribution in [3.63, 3.8) is 0 Å². The molecule has 0 spiro atoms. The number of likely N-dealkylation sites (N-methyl/N-ethyl adjacent to an activating group) is 1. The monoisotopic (exact) mass is 400 g/mol. The molecule has 0 saturated carbocycles. The molecule has 0 atom stereocenters. The van der Waals surface area contributed by atoms with E-state index in [0.717, 1.165) is 4.47 Å². The molecule has 0 radical (unpaired) electrons. The molecule has 0 fully saturated rings. The van der Waals surface area contributed by atoms with Gasteiger partial charge in [0.1, 0.15) is 11.3 Å². The van der Waals surface area contributed by atoms with Crippen molar-refractivity contribution >= 4 is 27.9 Å². The Morgan fingerprint density at radius 2 is 1.83 bits per heavy atom. The fraction of sp³-hybridized carbons (Fsp3) is 0.562. The number of rotatable bonds is 7. The molecule has 1 rings (SSSR count). The summed E-state index contributed by atoms with van der Waals surface area (Å²) in [4.78, 5) is 29.4. The Morgan fingerprint density at radius 3 is 2.38 bits per heavy atom. The Hall–Kier alpha value is -1.67. The van der Waals surface area contributed by atoms with E-state index in [1.807, 2.05) is 32.7 Å². The zero-order valence-corrected chi connectivity index (χ0v) is 16.1. The van der Waals surface area contributed by atoms with Crippen LogP contribution in [0.5, 0.6) is 0 Å². The lowest BCUT2D eigenvalue weighted by molar-refractivity contribution is 0.0524. The predicted molar refractivity (Wildman–Crippen MR) is 96.0 cm³/mol. The summed E-state index contributed by atoms with van der Waals surface area (Å²) in [6.07, 6.45) is 1.16. The van der Waals surface area contributed by atoms with Gasteiger partial charge in [0.15, 0.2) is 0 Å². The minimum Gasteiger partial charge on any atom is -0.444 e. The van der Waals surface area contributed by atoms with Crippen molar-refractivity contribution in [1.29, 1.82) is 0 Å². The fourth-order valence-electron chi connectivity index (χ4n) is 1.74. The maximum absolute atomic E-state index is 11.9. The number of pyridine rings is 1. The van der Waals surface area contributed by atoms with Crippen LogP contribution >= 0.6 is 15.9 Å². The lowest BCUT2D eigenvalue weighted by Crippen LogP contribution is -2.39. The molecule has 0 saturated heterocycles.